The first kappa shape index (κ1) is 14.3. The summed E-state index contributed by atoms with van der Waals surface area (Å²) in [6.45, 7) is 7.02. The van der Waals surface area contributed by atoms with Crippen LogP contribution < -0.4 is 5.32 Å². The van der Waals surface area contributed by atoms with E-state index >= 15 is 0 Å². The highest BCUT2D eigenvalue weighted by Gasteiger charge is 2.18. The molecule has 1 fully saturated rings. The number of anilines is 1. The van der Waals surface area contributed by atoms with Crippen LogP contribution in [0.25, 0.3) is 10.8 Å². The van der Waals surface area contributed by atoms with Crippen molar-refractivity contribution in [1.82, 2.24) is 9.88 Å². The van der Waals surface area contributed by atoms with Crippen LogP contribution in [0.2, 0.25) is 0 Å². The Hall–Kier alpha value is -1.61. The molecule has 1 N–H and O–H groups in total. The Morgan fingerprint density at radius 2 is 2.10 bits per heavy atom. The minimum atomic E-state index is 0.576. The molecule has 112 valence electrons. The third-order valence-electron chi connectivity index (χ3n) is 4.53. The van der Waals surface area contributed by atoms with E-state index in [9.17, 15) is 0 Å². The monoisotopic (exact) mass is 283 g/mol. The summed E-state index contributed by atoms with van der Waals surface area (Å²) < 4.78 is 0. The van der Waals surface area contributed by atoms with Gasteiger partial charge in [0.2, 0.25) is 0 Å². The Morgan fingerprint density at radius 1 is 1.19 bits per heavy atom. The van der Waals surface area contributed by atoms with E-state index < -0.39 is 0 Å². The molecule has 0 bridgehead atoms. The molecule has 1 unspecified atom stereocenters. The highest BCUT2D eigenvalue weighted by atomic mass is 15.1. The van der Waals surface area contributed by atoms with Crippen LogP contribution in [-0.2, 0) is 0 Å². The number of benzene rings is 1. The average Bonchev–Trinajstić information content (AvgIpc) is 2.73. The van der Waals surface area contributed by atoms with Crippen molar-refractivity contribution in [2.24, 2.45) is 0 Å². The second kappa shape index (κ2) is 6.44. The van der Waals surface area contributed by atoms with Crippen LogP contribution in [-0.4, -0.2) is 35.1 Å². The minimum absolute atomic E-state index is 0.576. The number of nitrogens with one attached hydrogen (secondary N) is 1. The van der Waals surface area contributed by atoms with Crippen molar-refractivity contribution >= 4 is 16.5 Å². The fourth-order valence-electron chi connectivity index (χ4n) is 3.25. The standard InChI is InChI=1S/C18H25N3/c1-14(2)21-11-4-6-16(9-12-21)20-18-7-3-5-15-13-19-10-8-17(15)18/h3,5,7-8,10,13-14,16,20H,4,6,9,11-12H2,1-2H3. The van der Waals surface area contributed by atoms with E-state index in [1.165, 1.54) is 48.8 Å². The third kappa shape index (κ3) is 3.35. The van der Waals surface area contributed by atoms with Crippen molar-refractivity contribution in [2.75, 3.05) is 18.4 Å². The second-order valence-corrected chi connectivity index (χ2v) is 6.30. The van der Waals surface area contributed by atoms with Crippen molar-refractivity contribution in [3.63, 3.8) is 0 Å². The molecule has 1 aliphatic heterocycles. The lowest BCUT2D eigenvalue weighted by Crippen LogP contribution is -2.32. The Bertz CT molecular complexity index is 589. The smallest absolute Gasteiger partial charge is 0.0423 e. The van der Waals surface area contributed by atoms with E-state index in [0.29, 0.717) is 12.1 Å². The maximum atomic E-state index is 4.21. The van der Waals surface area contributed by atoms with Gasteiger partial charge in [-0.1, -0.05) is 12.1 Å². The molecule has 3 heteroatoms. The predicted octanol–water partition coefficient (Wildman–Crippen LogP) is 3.91. The molecule has 2 aromatic rings. The van der Waals surface area contributed by atoms with Crippen LogP contribution in [0.1, 0.15) is 33.1 Å². The van der Waals surface area contributed by atoms with Gasteiger partial charge < -0.3 is 10.2 Å². The number of nitrogens with zero attached hydrogens (tertiary/aromatic N) is 2. The van der Waals surface area contributed by atoms with Crippen molar-refractivity contribution in [2.45, 2.75) is 45.2 Å². The molecule has 0 amide bonds. The summed E-state index contributed by atoms with van der Waals surface area (Å²) in [6.07, 6.45) is 7.57. The van der Waals surface area contributed by atoms with Crippen molar-refractivity contribution < 1.29 is 0 Å². The molecule has 0 saturated carbocycles. The normalized spacial score (nSPS) is 20.6. The molecule has 0 spiro atoms. The van der Waals surface area contributed by atoms with Crippen LogP contribution in [0.3, 0.4) is 0 Å². The lowest BCUT2D eigenvalue weighted by Gasteiger charge is -2.24. The highest BCUT2D eigenvalue weighted by molar-refractivity contribution is 5.93. The Kier molecular flexibility index (Phi) is 4.39. The van der Waals surface area contributed by atoms with Gasteiger partial charge >= 0.3 is 0 Å². The second-order valence-electron chi connectivity index (χ2n) is 6.30. The number of likely N-dealkylation sites (tertiary alicyclic amines) is 1. The predicted molar refractivity (Wildman–Crippen MR) is 89.7 cm³/mol. The van der Waals surface area contributed by atoms with Crippen molar-refractivity contribution in [1.29, 1.82) is 0 Å². The average molecular weight is 283 g/mol. The Morgan fingerprint density at radius 3 is 2.95 bits per heavy atom. The van der Waals surface area contributed by atoms with Crippen LogP contribution >= 0.6 is 0 Å². The van der Waals surface area contributed by atoms with E-state index in [4.69, 9.17) is 0 Å². The fraction of sp³-hybridized carbons (Fsp3) is 0.500. The molecule has 0 radical (unpaired) electrons. The molecule has 1 saturated heterocycles. The van der Waals surface area contributed by atoms with Crippen LogP contribution in [0.4, 0.5) is 5.69 Å². The largest absolute Gasteiger partial charge is 0.382 e. The number of fused-ring (bicyclic) bond motifs is 1. The van der Waals surface area contributed by atoms with Gasteiger partial charge in [0.15, 0.2) is 0 Å². The van der Waals surface area contributed by atoms with E-state index in [-0.39, 0.29) is 0 Å². The summed E-state index contributed by atoms with van der Waals surface area (Å²) in [6, 6.07) is 9.77. The number of rotatable bonds is 3. The Labute approximate surface area is 127 Å². The number of hydrogen-bond donors (Lipinski definition) is 1. The summed E-state index contributed by atoms with van der Waals surface area (Å²) in [5.41, 5.74) is 1.25. The number of hydrogen-bond acceptors (Lipinski definition) is 3. The molecule has 1 aromatic carbocycles. The number of pyridine rings is 1. The summed E-state index contributed by atoms with van der Waals surface area (Å²) in [5.74, 6) is 0. The summed E-state index contributed by atoms with van der Waals surface area (Å²) in [5, 5.41) is 6.25. The van der Waals surface area contributed by atoms with E-state index in [1.807, 2.05) is 12.4 Å². The van der Waals surface area contributed by atoms with Gasteiger partial charge in [-0.25, -0.2) is 0 Å². The molecule has 3 rings (SSSR count). The zero-order valence-electron chi connectivity index (χ0n) is 13.0. The summed E-state index contributed by atoms with van der Waals surface area (Å²) in [7, 11) is 0. The third-order valence-corrected chi connectivity index (χ3v) is 4.53. The van der Waals surface area contributed by atoms with Gasteiger partial charge in [-0.3, -0.25) is 4.98 Å². The SMILES string of the molecule is CC(C)N1CCCC(Nc2cccc3cnccc23)CC1. The molecular weight excluding hydrogens is 258 g/mol. The lowest BCUT2D eigenvalue weighted by molar-refractivity contribution is 0.230. The highest BCUT2D eigenvalue weighted by Crippen LogP contribution is 2.25. The molecule has 1 atom stereocenters. The summed E-state index contributed by atoms with van der Waals surface area (Å²) >= 11 is 0. The molecule has 0 aliphatic carbocycles. The van der Waals surface area contributed by atoms with Gasteiger partial charge in [0.1, 0.15) is 0 Å². The first-order chi connectivity index (χ1) is 10.2. The Balaban J connectivity index is 1.73. The molecular formula is C18H25N3. The zero-order valence-corrected chi connectivity index (χ0v) is 13.0. The van der Waals surface area contributed by atoms with E-state index in [2.05, 4.69) is 53.3 Å². The molecule has 2 heterocycles. The quantitative estimate of drug-likeness (QED) is 0.925. The van der Waals surface area contributed by atoms with Gasteiger partial charge in [0, 0.05) is 47.5 Å². The fourth-order valence-corrected chi connectivity index (χ4v) is 3.25. The molecule has 21 heavy (non-hydrogen) atoms. The van der Waals surface area contributed by atoms with Crippen molar-refractivity contribution in [3.8, 4) is 0 Å². The van der Waals surface area contributed by atoms with E-state index in [0.717, 1.165) is 0 Å². The molecule has 1 aromatic heterocycles. The minimum Gasteiger partial charge on any atom is -0.382 e. The first-order valence-corrected chi connectivity index (χ1v) is 8.07. The zero-order chi connectivity index (χ0) is 14.7. The van der Waals surface area contributed by atoms with Crippen LogP contribution in [0.5, 0.6) is 0 Å². The maximum absolute atomic E-state index is 4.21. The summed E-state index contributed by atoms with van der Waals surface area (Å²) in [4.78, 5) is 6.80. The molecule has 3 nitrogen and oxygen atoms in total. The van der Waals surface area contributed by atoms with Crippen LogP contribution in [0.15, 0.2) is 36.7 Å². The van der Waals surface area contributed by atoms with Gasteiger partial charge in [0.05, 0.1) is 0 Å². The maximum Gasteiger partial charge on any atom is 0.0423 e. The lowest BCUT2D eigenvalue weighted by atomic mass is 10.1. The van der Waals surface area contributed by atoms with Gasteiger partial charge in [-0.2, -0.15) is 0 Å². The van der Waals surface area contributed by atoms with Gasteiger partial charge in [-0.05, 0) is 51.8 Å². The van der Waals surface area contributed by atoms with Crippen LogP contribution in [0, 0.1) is 0 Å². The van der Waals surface area contributed by atoms with Gasteiger partial charge in [0.25, 0.3) is 0 Å². The first-order valence-electron chi connectivity index (χ1n) is 8.07. The topological polar surface area (TPSA) is 28.2 Å². The molecule has 1 aliphatic rings. The number of aromatic nitrogens is 1. The van der Waals surface area contributed by atoms with E-state index in [1.54, 1.807) is 0 Å². The van der Waals surface area contributed by atoms with Gasteiger partial charge in [-0.15, -0.1) is 0 Å². The van der Waals surface area contributed by atoms with Crippen molar-refractivity contribution in [3.05, 3.63) is 36.7 Å².